The summed E-state index contributed by atoms with van der Waals surface area (Å²) < 4.78 is 10.8. The number of hydrogen-bond acceptors (Lipinski definition) is 7. The third kappa shape index (κ3) is 5.30. The van der Waals surface area contributed by atoms with E-state index in [0.29, 0.717) is 28.5 Å². The highest BCUT2D eigenvalue weighted by atomic mass is 32.1. The molecule has 0 bridgehead atoms. The Bertz CT molecular complexity index is 736. The van der Waals surface area contributed by atoms with E-state index in [1.54, 1.807) is 27.9 Å². The van der Waals surface area contributed by atoms with E-state index < -0.39 is 5.97 Å². The largest absolute Gasteiger partial charge is 0.462 e. The highest BCUT2D eigenvalue weighted by Gasteiger charge is 2.28. The van der Waals surface area contributed by atoms with Crippen molar-refractivity contribution < 1.29 is 23.9 Å². The fourth-order valence-electron chi connectivity index (χ4n) is 3.24. The van der Waals surface area contributed by atoms with Gasteiger partial charge in [-0.25, -0.2) is 4.79 Å². The van der Waals surface area contributed by atoms with Crippen molar-refractivity contribution in [3.63, 3.8) is 0 Å². The first kappa shape index (κ1) is 22.3. The average Bonchev–Trinajstić information content (AvgIpc) is 2.89. The van der Waals surface area contributed by atoms with Crippen LogP contribution >= 0.6 is 11.3 Å². The Labute approximate surface area is 169 Å². The number of anilines is 1. The van der Waals surface area contributed by atoms with Gasteiger partial charge in [0.25, 0.3) is 5.91 Å². The zero-order chi connectivity index (χ0) is 21.0. The second kappa shape index (κ2) is 9.49. The van der Waals surface area contributed by atoms with Crippen LogP contribution in [0.2, 0.25) is 0 Å². The van der Waals surface area contributed by atoms with E-state index in [1.807, 2.05) is 18.7 Å². The molecule has 0 aliphatic carbocycles. The van der Waals surface area contributed by atoms with E-state index in [4.69, 9.17) is 9.47 Å². The van der Waals surface area contributed by atoms with Gasteiger partial charge in [0.15, 0.2) is 0 Å². The highest BCUT2D eigenvalue weighted by molar-refractivity contribution is 7.18. The number of hydrogen-bond donors (Lipinski definition) is 1. The molecule has 2 amide bonds. The molecule has 0 unspecified atom stereocenters. The van der Waals surface area contributed by atoms with E-state index in [9.17, 15) is 14.4 Å². The van der Waals surface area contributed by atoms with Crippen molar-refractivity contribution in [1.29, 1.82) is 0 Å². The fourth-order valence-corrected chi connectivity index (χ4v) is 4.47. The van der Waals surface area contributed by atoms with Crippen LogP contribution in [-0.4, -0.2) is 80.1 Å². The van der Waals surface area contributed by atoms with Crippen molar-refractivity contribution in [1.82, 2.24) is 9.80 Å². The number of thiophene rings is 1. The predicted octanol–water partition coefficient (Wildman–Crippen LogP) is 1.98. The zero-order valence-corrected chi connectivity index (χ0v) is 18.1. The van der Waals surface area contributed by atoms with Gasteiger partial charge in [0.1, 0.15) is 5.00 Å². The van der Waals surface area contributed by atoms with Gasteiger partial charge < -0.3 is 19.7 Å². The maximum absolute atomic E-state index is 12.6. The van der Waals surface area contributed by atoms with Gasteiger partial charge in [-0.1, -0.05) is 0 Å². The van der Waals surface area contributed by atoms with Crippen LogP contribution in [0.15, 0.2) is 0 Å². The van der Waals surface area contributed by atoms with Crippen molar-refractivity contribution in [3.8, 4) is 0 Å². The van der Waals surface area contributed by atoms with Crippen LogP contribution in [0.3, 0.4) is 0 Å². The monoisotopic (exact) mass is 411 g/mol. The SMILES string of the molecule is CCOC(=O)c1c(NC(=O)CN2C[C@H](C)O[C@@H](C)C2)sc(C(=O)N(C)C)c1C. The highest BCUT2D eigenvalue weighted by Crippen LogP contribution is 2.34. The maximum Gasteiger partial charge on any atom is 0.341 e. The number of nitrogens with zero attached hydrogens (tertiary/aromatic N) is 2. The Kier molecular flexibility index (Phi) is 7.56. The number of carbonyl (C=O) groups is 3. The molecule has 0 aromatic carbocycles. The minimum absolute atomic E-state index is 0.0555. The molecule has 156 valence electrons. The van der Waals surface area contributed by atoms with E-state index in [0.717, 1.165) is 11.3 Å². The zero-order valence-electron chi connectivity index (χ0n) is 17.3. The molecule has 0 radical (unpaired) electrons. The molecule has 2 rings (SSSR count). The summed E-state index contributed by atoms with van der Waals surface area (Å²) >= 11 is 1.10. The molecule has 0 saturated carbocycles. The van der Waals surface area contributed by atoms with Crippen molar-refractivity contribution in [3.05, 3.63) is 16.0 Å². The Morgan fingerprint density at radius 1 is 1.25 bits per heavy atom. The second-order valence-electron chi connectivity index (χ2n) is 7.18. The lowest BCUT2D eigenvalue weighted by molar-refractivity contribution is -0.121. The summed E-state index contributed by atoms with van der Waals surface area (Å²) in [6.45, 7) is 9.08. The van der Waals surface area contributed by atoms with Crippen LogP contribution in [0.25, 0.3) is 0 Å². The normalized spacial score (nSPS) is 19.9. The number of esters is 1. The summed E-state index contributed by atoms with van der Waals surface area (Å²) in [7, 11) is 3.29. The van der Waals surface area contributed by atoms with E-state index >= 15 is 0 Å². The smallest absolute Gasteiger partial charge is 0.341 e. The summed E-state index contributed by atoms with van der Waals surface area (Å²) in [5, 5.41) is 3.16. The number of ether oxygens (including phenoxy) is 2. The lowest BCUT2D eigenvalue weighted by Crippen LogP contribution is -2.48. The summed E-state index contributed by atoms with van der Waals surface area (Å²) in [6.07, 6.45) is 0.111. The van der Waals surface area contributed by atoms with Crippen LogP contribution in [-0.2, 0) is 14.3 Å². The summed E-state index contributed by atoms with van der Waals surface area (Å²) in [5.74, 6) is -1.00. The van der Waals surface area contributed by atoms with Crippen molar-refractivity contribution >= 4 is 34.1 Å². The third-order valence-electron chi connectivity index (χ3n) is 4.34. The van der Waals surface area contributed by atoms with Crippen molar-refractivity contribution in [2.24, 2.45) is 0 Å². The number of morpholine rings is 1. The first-order valence-electron chi connectivity index (χ1n) is 9.33. The molecule has 1 aromatic rings. The van der Waals surface area contributed by atoms with Gasteiger partial charge in [0.2, 0.25) is 5.91 Å². The van der Waals surface area contributed by atoms with Crippen LogP contribution in [0.1, 0.15) is 46.4 Å². The fraction of sp³-hybridized carbons (Fsp3) is 0.632. The molecule has 1 aliphatic heterocycles. The molecule has 1 aromatic heterocycles. The predicted molar refractivity (Wildman–Crippen MR) is 108 cm³/mol. The van der Waals surface area contributed by atoms with Gasteiger partial charge in [0, 0.05) is 27.2 Å². The molecule has 1 N–H and O–H groups in total. The molecule has 28 heavy (non-hydrogen) atoms. The van der Waals surface area contributed by atoms with E-state index in [-0.39, 0.29) is 42.7 Å². The molecule has 8 nitrogen and oxygen atoms in total. The Balaban J connectivity index is 2.22. The molecule has 0 spiro atoms. The lowest BCUT2D eigenvalue weighted by atomic mass is 10.1. The summed E-state index contributed by atoms with van der Waals surface area (Å²) in [4.78, 5) is 41.4. The second-order valence-corrected chi connectivity index (χ2v) is 8.20. The first-order valence-corrected chi connectivity index (χ1v) is 10.1. The number of carbonyl (C=O) groups excluding carboxylic acids is 3. The quantitative estimate of drug-likeness (QED) is 0.720. The number of amides is 2. The molecule has 1 saturated heterocycles. The Morgan fingerprint density at radius 2 is 1.86 bits per heavy atom. The molecule has 1 fully saturated rings. The molecular weight excluding hydrogens is 382 g/mol. The summed E-state index contributed by atoms with van der Waals surface area (Å²) in [6, 6.07) is 0. The van der Waals surface area contributed by atoms with Gasteiger partial charge in [0.05, 0.1) is 35.8 Å². The maximum atomic E-state index is 12.6. The van der Waals surface area contributed by atoms with E-state index in [1.165, 1.54) is 4.90 Å². The van der Waals surface area contributed by atoms with E-state index in [2.05, 4.69) is 5.32 Å². The molecule has 2 heterocycles. The van der Waals surface area contributed by atoms with Gasteiger partial charge in [-0.05, 0) is 33.3 Å². The van der Waals surface area contributed by atoms with Crippen molar-refractivity contribution in [2.75, 3.05) is 45.7 Å². The van der Waals surface area contributed by atoms with Gasteiger partial charge in [-0.2, -0.15) is 0 Å². The Hall–Kier alpha value is -1.97. The molecule has 2 atom stereocenters. The van der Waals surface area contributed by atoms with Crippen LogP contribution < -0.4 is 5.32 Å². The standard InChI is InChI=1S/C19H29N3O5S/c1-7-26-19(25)15-13(4)16(18(24)21(5)6)28-17(15)20-14(23)10-22-8-11(2)27-12(3)9-22/h11-12H,7-10H2,1-6H3,(H,20,23)/t11-,12-/m0/s1. The number of nitrogens with one attached hydrogen (secondary N) is 1. The van der Waals surface area contributed by atoms with Crippen LogP contribution in [0.5, 0.6) is 0 Å². The molecular formula is C19H29N3O5S. The molecule has 9 heteroatoms. The van der Waals surface area contributed by atoms with Crippen LogP contribution in [0.4, 0.5) is 5.00 Å². The Morgan fingerprint density at radius 3 is 2.39 bits per heavy atom. The van der Waals surface area contributed by atoms with Gasteiger partial charge in [-0.15, -0.1) is 11.3 Å². The first-order chi connectivity index (χ1) is 13.1. The van der Waals surface area contributed by atoms with Gasteiger partial charge in [-0.3, -0.25) is 14.5 Å². The lowest BCUT2D eigenvalue weighted by Gasteiger charge is -2.34. The minimum Gasteiger partial charge on any atom is -0.462 e. The third-order valence-corrected chi connectivity index (χ3v) is 5.54. The topological polar surface area (TPSA) is 88.2 Å². The molecule has 1 aliphatic rings. The van der Waals surface area contributed by atoms with Crippen molar-refractivity contribution in [2.45, 2.75) is 39.9 Å². The summed E-state index contributed by atoms with van der Waals surface area (Å²) in [5.41, 5.74) is 0.764. The number of rotatable bonds is 6. The average molecular weight is 412 g/mol. The van der Waals surface area contributed by atoms with Gasteiger partial charge >= 0.3 is 5.97 Å². The van der Waals surface area contributed by atoms with Crippen LogP contribution in [0, 0.1) is 6.92 Å². The minimum atomic E-state index is -0.544.